The van der Waals surface area contributed by atoms with E-state index in [1.807, 2.05) is 6.92 Å². The summed E-state index contributed by atoms with van der Waals surface area (Å²) in [6, 6.07) is 5.18. The van der Waals surface area contributed by atoms with Gasteiger partial charge in [-0.25, -0.2) is 8.42 Å². The molecule has 20 heavy (non-hydrogen) atoms. The molecule has 0 aliphatic carbocycles. The van der Waals surface area contributed by atoms with Crippen LogP contribution in [0.1, 0.15) is 18.2 Å². The average Bonchev–Trinajstić information content (AvgIpc) is 2.95. The number of nitrogens with one attached hydrogen (secondary N) is 1. The van der Waals surface area contributed by atoms with E-state index < -0.39 is 10.0 Å². The molecule has 2 aromatic heterocycles. The molecule has 0 aliphatic heterocycles. The number of halogens is 1. The Balaban J connectivity index is 2.25. The second-order valence-corrected chi connectivity index (χ2v) is 6.49. The predicted octanol–water partition coefficient (Wildman–Crippen LogP) is 2.36. The lowest BCUT2D eigenvalue weighted by molar-refractivity contribution is 0.423. The second kappa shape index (κ2) is 6.39. The minimum atomic E-state index is -3.52. The average molecular weight is 314 g/mol. The quantitative estimate of drug-likeness (QED) is 0.833. The maximum Gasteiger partial charge on any atom is 0.244 e. The number of H-pyrrole nitrogens is 1. The summed E-state index contributed by atoms with van der Waals surface area (Å²) in [5.74, 6) is 0.256. The summed E-state index contributed by atoms with van der Waals surface area (Å²) < 4.78 is 26.5. The van der Waals surface area contributed by atoms with E-state index in [0.29, 0.717) is 18.8 Å². The Morgan fingerprint density at radius 3 is 2.60 bits per heavy atom. The van der Waals surface area contributed by atoms with Crippen LogP contribution in [0, 0.1) is 0 Å². The number of nitrogens with zero attached hydrogens (tertiary/aromatic N) is 2. The number of aromatic amines is 1. The van der Waals surface area contributed by atoms with Crippen molar-refractivity contribution in [2.24, 2.45) is 0 Å². The molecule has 0 atom stereocenters. The summed E-state index contributed by atoms with van der Waals surface area (Å²) in [6.45, 7) is 2.53. The van der Waals surface area contributed by atoms with Gasteiger partial charge in [-0.2, -0.15) is 4.31 Å². The van der Waals surface area contributed by atoms with E-state index in [9.17, 15) is 8.42 Å². The molecule has 0 spiro atoms. The molecule has 7 heteroatoms. The monoisotopic (exact) mass is 313 g/mol. The van der Waals surface area contributed by atoms with Gasteiger partial charge in [0, 0.05) is 37.4 Å². The Kier molecular flexibility index (Phi) is 4.80. The summed E-state index contributed by atoms with van der Waals surface area (Å²) in [5.41, 5.74) is 1.59. The fourth-order valence-corrected chi connectivity index (χ4v) is 3.46. The Morgan fingerprint density at radius 1 is 1.35 bits per heavy atom. The zero-order valence-corrected chi connectivity index (χ0v) is 12.7. The molecule has 5 nitrogen and oxygen atoms in total. The fourth-order valence-electron chi connectivity index (χ4n) is 1.85. The van der Waals surface area contributed by atoms with Crippen LogP contribution in [-0.2, 0) is 22.4 Å². The number of hydrogen-bond acceptors (Lipinski definition) is 3. The van der Waals surface area contributed by atoms with Crippen molar-refractivity contribution in [3.05, 3.63) is 48.0 Å². The van der Waals surface area contributed by atoms with Gasteiger partial charge in [0.25, 0.3) is 0 Å². The molecule has 0 aliphatic rings. The molecule has 0 saturated heterocycles. The van der Waals surface area contributed by atoms with Crippen LogP contribution in [0.3, 0.4) is 0 Å². The van der Waals surface area contributed by atoms with Crippen molar-refractivity contribution in [1.29, 1.82) is 0 Å². The summed E-state index contributed by atoms with van der Waals surface area (Å²) in [4.78, 5) is 7.02. The van der Waals surface area contributed by atoms with Crippen molar-refractivity contribution in [3.8, 4) is 0 Å². The molecule has 2 aromatic rings. The smallest absolute Gasteiger partial charge is 0.244 e. The van der Waals surface area contributed by atoms with Gasteiger partial charge in [-0.05, 0) is 23.8 Å². The van der Waals surface area contributed by atoms with Crippen LogP contribution in [0.25, 0.3) is 0 Å². The third-order valence-electron chi connectivity index (χ3n) is 2.96. The molecule has 0 unspecified atom stereocenters. The van der Waals surface area contributed by atoms with Gasteiger partial charge < -0.3 is 4.98 Å². The number of rotatable bonds is 6. The molecule has 2 rings (SSSR count). The van der Waals surface area contributed by atoms with Crippen molar-refractivity contribution in [3.63, 3.8) is 0 Å². The third kappa shape index (κ3) is 3.20. The van der Waals surface area contributed by atoms with Gasteiger partial charge in [-0.1, -0.05) is 6.92 Å². The van der Waals surface area contributed by atoms with Gasteiger partial charge in [0.05, 0.1) is 10.8 Å². The summed E-state index contributed by atoms with van der Waals surface area (Å²) in [6.07, 6.45) is 4.78. The zero-order chi connectivity index (χ0) is 14.6. The van der Waals surface area contributed by atoms with Crippen LogP contribution in [0.5, 0.6) is 0 Å². The first kappa shape index (κ1) is 15.0. The maximum atomic E-state index is 12.5. The second-order valence-electron chi connectivity index (χ2n) is 4.28. The first-order chi connectivity index (χ1) is 9.57. The summed E-state index contributed by atoms with van der Waals surface area (Å²) in [7, 11) is -3.52. The number of alkyl halides is 1. The van der Waals surface area contributed by atoms with E-state index in [0.717, 1.165) is 5.56 Å². The first-order valence-electron chi connectivity index (χ1n) is 6.20. The van der Waals surface area contributed by atoms with Gasteiger partial charge in [0.15, 0.2) is 0 Å². The Bertz CT molecular complexity index is 655. The highest BCUT2D eigenvalue weighted by Crippen LogP contribution is 2.19. The highest BCUT2D eigenvalue weighted by molar-refractivity contribution is 7.89. The number of aromatic nitrogens is 2. The SMILES string of the molecule is CCN(Cc1ccncc1)S(=O)(=O)c1c[nH]c(CCl)c1. The Labute approximate surface area is 123 Å². The topological polar surface area (TPSA) is 66.1 Å². The highest BCUT2D eigenvalue weighted by Gasteiger charge is 2.24. The molecule has 1 N–H and O–H groups in total. The summed E-state index contributed by atoms with van der Waals surface area (Å²) in [5, 5.41) is 0. The van der Waals surface area contributed by atoms with E-state index in [2.05, 4.69) is 9.97 Å². The van der Waals surface area contributed by atoms with Crippen molar-refractivity contribution in [1.82, 2.24) is 14.3 Å². The van der Waals surface area contributed by atoms with Crippen LogP contribution in [0.2, 0.25) is 0 Å². The van der Waals surface area contributed by atoms with Gasteiger partial charge in [0.1, 0.15) is 0 Å². The van der Waals surface area contributed by atoms with Gasteiger partial charge >= 0.3 is 0 Å². The van der Waals surface area contributed by atoms with Gasteiger partial charge in [0.2, 0.25) is 10.0 Å². The number of sulfonamides is 1. The van der Waals surface area contributed by atoms with E-state index in [1.54, 1.807) is 30.6 Å². The molecule has 108 valence electrons. The third-order valence-corrected chi connectivity index (χ3v) is 5.15. The predicted molar refractivity (Wildman–Crippen MR) is 77.9 cm³/mol. The number of pyridine rings is 1. The molecular weight excluding hydrogens is 298 g/mol. The van der Waals surface area contributed by atoms with Crippen LogP contribution >= 0.6 is 11.6 Å². The van der Waals surface area contributed by atoms with Crippen LogP contribution in [0.15, 0.2) is 41.7 Å². The molecule has 0 saturated carbocycles. The van der Waals surface area contributed by atoms with E-state index in [4.69, 9.17) is 11.6 Å². The van der Waals surface area contributed by atoms with E-state index in [-0.39, 0.29) is 10.8 Å². The van der Waals surface area contributed by atoms with Crippen molar-refractivity contribution < 1.29 is 8.42 Å². The van der Waals surface area contributed by atoms with Crippen LogP contribution in [-0.4, -0.2) is 29.2 Å². The van der Waals surface area contributed by atoms with E-state index in [1.165, 1.54) is 10.5 Å². The lowest BCUT2D eigenvalue weighted by Crippen LogP contribution is -2.30. The first-order valence-corrected chi connectivity index (χ1v) is 8.17. The van der Waals surface area contributed by atoms with Crippen LogP contribution < -0.4 is 0 Å². The van der Waals surface area contributed by atoms with Crippen LogP contribution in [0.4, 0.5) is 0 Å². The fraction of sp³-hybridized carbons (Fsp3) is 0.308. The van der Waals surface area contributed by atoms with Crippen molar-refractivity contribution >= 4 is 21.6 Å². The molecule has 0 amide bonds. The van der Waals surface area contributed by atoms with E-state index >= 15 is 0 Å². The van der Waals surface area contributed by atoms with Crippen molar-refractivity contribution in [2.45, 2.75) is 24.2 Å². The minimum Gasteiger partial charge on any atom is -0.363 e. The van der Waals surface area contributed by atoms with Crippen molar-refractivity contribution in [2.75, 3.05) is 6.54 Å². The molecular formula is C13H16ClN3O2S. The maximum absolute atomic E-state index is 12.5. The lowest BCUT2D eigenvalue weighted by atomic mass is 10.3. The molecule has 0 fully saturated rings. The summed E-state index contributed by atoms with van der Waals surface area (Å²) >= 11 is 5.69. The normalized spacial score (nSPS) is 11.9. The Morgan fingerprint density at radius 2 is 2.05 bits per heavy atom. The standard InChI is InChI=1S/C13H16ClN3O2S/c1-2-17(10-11-3-5-15-6-4-11)20(18,19)13-7-12(8-14)16-9-13/h3-7,9,16H,2,8,10H2,1H3. The largest absolute Gasteiger partial charge is 0.363 e. The Hall–Kier alpha value is -1.37. The van der Waals surface area contributed by atoms with Gasteiger partial charge in [-0.15, -0.1) is 11.6 Å². The molecule has 0 aromatic carbocycles. The lowest BCUT2D eigenvalue weighted by Gasteiger charge is -2.19. The minimum absolute atomic E-state index is 0.240. The molecule has 0 radical (unpaired) electrons. The molecule has 0 bridgehead atoms. The number of hydrogen-bond donors (Lipinski definition) is 1. The van der Waals surface area contributed by atoms with Gasteiger partial charge in [-0.3, -0.25) is 4.98 Å². The molecule has 2 heterocycles. The zero-order valence-electron chi connectivity index (χ0n) is 11.1. The highest BCUT2D eigenvalue weighted by atomic mass is 35.5.